The summed E-state index contributed by atoms with van der Waals surface area (Å²) >= 11 is 0. The topological polar surface area (TPSA) is 83.6 Å². The summed E-state index contributed by atoms with van der Waals surface area (Å²) in [4.78, 5) is 0. The number of unbranched alkanes of at least 4 members (excludes halogenated alkanes) is 1. The molecule has 0 fully saturated rings. The Bertz CT molecular complexity index is 432. The van der Waals surface area contributed by atoms with E-state index in [9.17, 15) is 16.8 Å². The summed E-state index contributed by atoms with van der Waals surface area (Å²) in [5, 5.41) is 3.21. The quantitative estimate of drug-likeness (QED) is 0.546. The third kappa shape index (κ3) is 10.3. The molecule has 0 saturated carbocycles. The van der Waals surface area contributed by atoms with Crippen LogP contribution in [0.25, 0.3) is 0 Å². The molecule has 1 N–H and O–H groups in total. The van der Waals surface area contributed by atoms with Crippen LogP contribution < -0.4 is 5.32 Å². The fraction of sp³-hybridized carbons (Fsp3) is 1.00. The summed E-state index contributed by atoms with van der Waals surface area (Å²) in [5.41, 5.74) is 0. The van der Waals surface area contributed by atoms with Crippen molar-refractivity contribution in [2.24, 2.45) is 0 Å². The van der Waals surface area contributed by atoms with Gasteiger partial charge in [-0.25, -0.2) is 21.1 Å². The van der Waals surface area contributed by atoms with Crippen molar-refractivity contribution < 1.29 is 16.8 Å². The predicted molar refractivity (Wildman–Crippen MR) is 78.5 cm³/mol. The van der Waals surface area contributed by atoms with Crippen LogP contribution in [0, 0.1) is 0 Å². The van der Waals surface area contributed by atoms with Gasteiger partial charge >= 0.3 is 0 Å². The molecule has 0 aliphatic heterocycles. The molecule has 0 unspecified atom stereocenters. The van der Waals surface area contributed by atoms with Crippen LogP contribution in [0.2, 0.25) is 0 Å². The normalized spacial score (nSPS) is 13.1. The maximum Gasteiger partial charge on any atom is 0.213 e. The second-order valence-electron chi connectivity index (χ2n) is 4.72. The highest BCUT2D eigenvalue weighted by Crippen LogP contribution is 2.03. The van der Waals surface area contributed by atoms with E-state index in [4.69, 9.17) is 0 Å². The van der Waals surface area contributed by atoms with Gasteiger partial charge in [-0.1, -0.05) is 6.92 Å². The van der Waals surface area contributed by atoms with Gasteiger partial charge in [-0.05, 0) is 32.4 Å². The molecule has 0 bridgehead atoms. The van der Waals surface area contributed by atoms with Gasteiger partial charge < -0.3 is 5.32 Å². The van der Waals surface area contributed by atoms with Crippen LogP contribution in [0.3, 0.4) is 0 Å². The Kier molecular flexibility index (Phi) is 8.80. The number of hydrogen-bond acceptors (Lipinski definition) is 5. The van der Waals surface area contributed by atoms with Crippen LogP contribution in [0.1, 0.15) is 26.2 Å². The first-order valence-electron chi connectivity index (χ1n) is 6.51. The summed E-state index contributed by atoms with van der Waals surface area (Å²) in [7, 11) is -5.04. The second-order valence-corrected chi connectivity index (χ2v) is 9.18. The molecule has 0 heterocycles. The van der Waals surface area contributed by atoms with Crippen molar-refractivity contribution in [3.05, 3.63) is 0 Å². The van der Waals surface area contributed by atoms with E-state index < -0.39 is 19.9 Å². The Morgan fingerprint density at radius 1 is 1.00 bits per heavy atom. The Balaban J connectivity index is 3.96. The molecule has 0 saturated heterocycles. The number of nitrogens with zero attached hydrogens (tertiary/aromatic N) is 1. The SMILES string of the molecule is CCCNCCCCS(=O)(=O)N(C)CCS(C)(=O)=O. The van der Waals surface area contributed by atoms with Crippen LogP contribution in [0.5, 0.6) is 0 Å². The number of hydrogen-bond donors (Lipinski definition) is 1. The first kappa shape index (κ1) is 18.8. The number of sulfonamides is 1. The molecule has 0 spiro atoms. The molecular weight excluding hydrogens is 288 g/mol. The molecular formula is C11H26N2O4S2. The molecule has 0 aromatic carbocycles. The summed E-state index contributed by atoms with van der Waals surface area (Å²) < 4.78 is 46.8. The predicted octanol–water partition coefficient (Wildman–Crippen LogP) is 0.0724. The smallest absolute Gasteiger partial charge is 0.213 e. The molecule has 0 radical (unpaired) electrons. The van der Waals surface area contributed by atoms with Crippen molar-refractivity contribution in [2.75, 3.05) is 44.4 Å². The van der Waals surface area contributed by atoms with Crippen molar-refractivity contribution in [2.45, 2.75) is 26.2 Å². The average Bonchev–Trinajstić information content (AvgIpc) is 2.29. The lowest BCUT2D eigenvalue weighted by Gasteiger charge is -2.16. The molecule has 19 heavy (non-hydrogen) atoms. The van der Waals surface area contributed by atoms with Gasteiger partial charge in [0.25, 0.3) is 0 Å². The van der Waals surface area contributed by atoms with E-state index in [2.05, 4.69) is 12.2 Å². The fourth-order valence-corrected chi connectivity index (χ4v) is 3.40. The molecule has 0 aliphatic carbocycles. The van der Waals surface area contributed by atoms with Gasteiger partial charge in [0.1, 0.15) is 9.84 Å². The molecule has 0 rings (SSSR count). The van der Waals surface area contributed by atoms with Crippen LogP contribution in [0.15, 0.2) is 0 Å². The summed E-state index contributed by atoms with van der Waals surface area (Å²) in [6.07, 6.45) is 3.56. The zero-order chi connectivity index (χ0) is 14.9. The standard InChI is InChI=1S/C11H26N2O4S2/c1-4-7-12-8-5-6-10-19(16,17)13(2)9-11-18(3,14)15/h12H,4-11H2,1-3H3. The van der Waals surface area contributed by atoms with E-state index in [0.29, 0.717) is 6.42 Å². The maximum absolute atomic E-state index is 11.8. The molecule has 6 nitrogen and oxygen atoms in total. The van der Waals surface area contributed by atoms with Gasteiger partial charge in [0.2, 0.25) is 10.0 Å². The van der Waals surface area contributed by atoms with Crippen molar-refractivity contribution in [3.8, 4) is 0 Å². The lowest BCUT2D eigenvalue weighted by molar-refractivity contribution is 0.481. The van der Waals surface area contributed by atoms with Gasteiger partial charge in [-0.2, -0.15) is 0 Å². The summed E-state index contributed by atoms with van der Waals surface area (Å²) in [5.74, 6) is -0.0676. The van der Waals surface area contributed by atoms with E-state index >= 15 is 0 Å². The van der Waals surface area contributed by atoms with Crippen molar-refractivity contribution in [3.63, 3.8) is 0 Å². The average molecular weight is 314 g/mol. The number of nitrogens with one attached hydrogen (secondary N) is 1. The van der Waals surface area contributed by atoms with Gasteiger partial charge in [0.05, 0.1) is 11.5 Å². The van der Waals surface area contributed by atoms with Crippen molar-refractivity contribution in [1.82, 2.24) is 9.62 Å². The third-order valence-corrected chi connectivity index (χ3v) is 5.55. The Labute approximate surface area is 117 Å². The molecule has 0 atom stereocenters. The lowest BCUT2D eigenvalue weighted by atomic mass is 10.3. The zero-order valence-corrected chi connectivity index (χ0v) is 13.7. The highest BCUT2D eigenvalue weighted by molar-refractivity contribution is 7.91. The lowest BCUT2D eigenvalue weighted by Crippen LogP contribution is -2.33. The van der Waals surface area contributed by atoms with E-state index in [-0.39, 0.29) is 18.1 Å². The minimum atomic E-state index is -3.33. The zero-order valence-electron chi connectivity index (χ0n) is 12.1. The molecule has 0 aromatic rings. The Hall–Kier alpha value is -0.180. The minimum absolute atomic E-state index is 0.0231. The van der Waals surface area contributed by atoms with Crippen LogP contribution in [0.4, 0.5) is 0 Å². The Morgan fingerprint density at radius 3 is 2.16 bits per heavy atom. The number of sulfone groups is 1. The molecule has 0 amide bonds. The van der Waals surface area contributed by atoms with Gasteiger partial charge in [-0.15, -0.1) is 0 Å². The van der Waals surface area contributed by atoms with Crippen molar-refractivity contribution >= 4 is 19.9 Å². The van der Waals surface area contributed by atoms with E-state index in [1.807, 2.05) is 0 Å². The number of rotatable bonds is 11. The van der Waals surface area contributed by atoms with Gasteiger partial charge in [0.15, 0.2) is 0 Å². The van der Waals surface area contributed by atoms with E-state index in [1.165, 1.54) is 7.05 Å². The largest absolute Gasteiger partial charge is 0.317 e. The van der Waals surface area contributed by atoms with Crippen LogP contribution in [-0.4, -0.2) is 65.6 Å². The van der Waals surface area contributed by atoms with Crippen LogP contribution in [-0.2, 0) is 19.9 Å². The van der Waals surface area contributed by atoms with E-state index in [1.54, 1.807) is 0 Å². The fourth-order valence-electron chi connectivity index (χ4n) is 1.43. The highest BCUT2D eigenvalue weighted by atomic mass is 32.2. The molecule has 0 aliphatic rings. The highest BCUT2D eigenvalue weighted by Gasteiger charge is 2.18. The maximum atomic E-state index is 11.8. The summed E-state index contributed by atoms with van der Waals surface area (Å²) in [6, 6.07) is 0. The molecule has 8 heteroatoms. The minimum Gasteiger partial charge on any atom is -0.317 e. The monoisotopic (exact) mass is 314 g/mol. The molecule has 0 aromatic heterocycles. The first-order valence-corrected chi connectivity index (χ1v) is 10.2. The van der Waals surface area contributed by atoms with Gasteiger partial charge in [-0.3, -0.25) is 0 Å². The Morgan fingerprint density at radius 2 is 1.63 bits per heavy atom. The third-order valence-electron chi connectivity index (χ3n) is 2.68. The first-order chi connectivity index (χ1) is 8.69. The summed E-state index contributed by atoms with van der Waals surface area (Å²) in [6.45, 7) is 3.86. The van der Waals surface area contributed by atoms with E-state index in [0.717, 1.165) is 36.5 Å². The molecule has 116 valence electrons. The van der Waals surface area contributed by atoms with Crippen molar-refractivity contribution in [1.29, 1.82) is 0 Å². The van der Waals surface area contributed by atoms with Gasteiger partial charge in [0, 0.05) is 19.8 Å². The van der Waals surface area contributed by atoms with Crippen LogP contribution >= 0.6 is 0 Å². The second kappa shape index (κ2) is 8.89.